The average Bonchev–Trinajstić information content (AvgIpc) is 2.46. The van der Waals surface area contributed by atoms with Gasteiger partial charge in [0.05, 0.1) is 11.0 Å². The molecule has 0 aliphatic carbocycles. The molecule has 1 aromatic rings. The molecule has 2 rings (SSSR count). The van der Waals surface area contributed by atoms with Gasteiger partial charge >= 0.3 is 0 Å². The van der Waals surface area contributed by atoms with Crippen molar-refractivity contribution in [1.82, 2.24) is 5.32 Å². The molecule has 5 nitrogen and oxygen atoms in total. The number of ether oxygens (including phenoxy) is 2. The van der Waals surface area contributed by atoms with Crippen LogP contribution in [-0.4, -0.2) is 30.2 Å². The van der Waals surface area contributed by atoms with Crippen LogP contribution in [0.15, 0.2) is 18.2 Å². The van der Waals surface area contributed by atoms with Crippen LogP contribution in [0, 0.1) is 0 Å². The van der Waals surface area contributed by atoms with E-state index in [0.717, 1.165) is 12.8 Å². The van der Waals surface area contributed by atoms with E-state index in [9.17, 15) is 4.79 Å². The van der Waals surface area contributed by atoms with Crippen molar-refractivity contribution in [2.75, 3.05) is 13.2 Å². The van der Waals surface area contributed by atoms with Crippen LogP contribution < -0.4 is 20.5 Å². The molecule has 3 N–H and O–H groups in total. The summed E-state index contributed by atoms with van der Waals surface area (Å²) in [6, 6.07) is 4.83. The highest BCUT2D eigenvalue weighted by Crippen LogP contribution is 2.30. The second-order valence-corrected chi connectivity index (χ2v) is 5.05. The molecule has 6 heteroatoms. The number of fused-ring (bicyclic) bond motifs is 1. The Morgan fingerprint density at radius 1 is 1.40 bits per heavy atom. The zero-order valence-corrected chi connectivity index (χ0v) is 12.2. The lowest BCUT2D eigenvalue weighted by Crippen LogP contribution is -2.43. The van der Waals surface area contributed by atoms with Gasteiger partial charge < -0.3 is 20.5 Å². The Balaban J connectivity index is 2.10. The standard InChI is InChI=1S/C14H18N2O3S/c1-2-3-10(13(15)20)16-14(17)9-4-5-11-12(8-9)19-7-6-18-11/h4-5,8,10H,2-3,6-7H2,1H3,(H2,15,20)(H,16,17). The van der Waals surface area contributed by atoms with E-state index in [1.54, 1.807) is 18.2 Å². The summed E-state index contributed by atoms with van der Waals surface area (Å²) in [6.07, 6.45) is 1.62. The van der Waals surface area contributed by atoms with Gasteiger partial charge in [0, 0.05) is 5.56 Å². The first-order chi connectivity index (χ1) is 9.61. The summed E-state index contributed by atoms with van der Waals surface area (Å²) in [4.78, 5) is 12.5. The second kappa shape index (κ2) is 6.56. The normalized spacial score (nSPS) is 14.4. The number of nitrogens with two attached hydrogens (primary N) is 1. The van der Waals surface area contributed by atoms with Crippen molar-refractivity contribution in [3.05, 3.63) is 23.8 Å². The van der Waals surface area contributed by atoms with E-state index in [1.165, 1.54) is 0 Å². The predicted octanol–water partition coefficient (Wildman–Crippen LogP) is 1.64. The minimum Gasteiger partial charge on any atom is -0.486 e. The van der Waals surface area contributed by atoms with E-state index < -0.39 is 0 Å². The first kappa shape index (κ1) is 14.6. The minimum atomic E-state index is -0.282. The molecule has 1 aromatic carbocycles. The lowest BCUT2D eigenvalue weighted by Gasteiger charge is -2.20. The van der Waals surface area contributed by atoms with Gasteiger partial charge in [-0.05, 0) is 24.6 Å². The highest BCUT2D eigenvalue weighted by molar-refractivity contribution is 7.80. The van der Waals surface area contributed by atoms with Gasteiger partial charge in [-0.15, -0.1) is 0 Å². The van der Waals surface area contributed by atoms with Gasteiger partial charge in [0.2, 0.25) is 0 Å². The molecule has 0 spiro atoms. The van der Waals surface area contributed by atoms with E-state index >= 15 is 0 Å². The highest BCUT2D eigenvalue weighted by atomic mass is 32.1. The first-order valence-electron chi connectivity index (χ1n) is 6.61. The monoisotopic (exact) mass is 294 g/mol. The predicted molar refractivity (Wildman–Crippen MR) is 80.4 cm³/mol. The number of carbonyl (C=O) groups is 1. The van der Waals surface area contributed by atoms with Gasteiger partial charge in [0.25, 0.3) is 5.91 Å². The quantitative estimate of drug-likeness (QED) is 0.808. The molecule has 0 saturated heterocycles. The molecule has 0 radical (unpaired) electrons. The lowest BCUT2D eigenvalue weighted by molar-refractivity contribution is 0.0944. The number of rotatable bonds is 5. The molecule has 1 atom stereocenters. The lowest BCUT2D eigenvalue weighted by atomic mass is 10.1. The highest BCUT2D eigenvalue weighted by Gasteiger charge is 2.18. The number of carbonyl (C=O) groups excluding carboxylic acids is 1. The Morgan fingerprint density at radius 3 is 2.75 bits per heavy atom. The Kier molecular flexibility index (Phi) is 4.79. The maximum atomic E-state index is 12.2. The summed E-state index contributed by atoms with van der Waals surface area (Å²) in [7, 11) is 0. The molecular weight excluding hydrogens is 276 g/mol. The third-order valence-corrected chi connectivity index (χ3v) is 3.32. The number of hydrogen-bond donors (Lipinski definition) is 2. The summed E-state index contributed by atoms with van der Waals surface area (Å²) in [5.74, 6) is 1.03. The molecule has 0 bridgehead atoms. The van der Waals surface area contributed by atoms with E-state index in [1.807, 2.05) is 6.92 Å². The Hall–Kier alpha value is -1.82. The van der Waals surface area contributed by atoms with Crippen LogP contribution in [0.25, 0.3) is 0 Å². The Morgan fingerprint density at radius 2 is 2.10 bits per heavy atom. The molecule has 20 heavy (non-hydrogen) atoms. The van der Waals surface area contributed by atoms with E-state index in [4.69, 9.17) is 27.4 Å². The Bertz CT molecular complexity index is 519. The Labute approximate surface area is 123 Å². The van der Waals surface area contributed by atoms with Gasteiger partial charge in [-0.2, -0.15) is 0 Å². The fraction of sp³-hybridized carbons (Fsp3) is 0.429. The molecule has 0 saturated carbocycles. The zero-order valence-electron chi connectivity index (χ0n) is 11.3. The van der Waals surface area contributed by atoms with Crippen molar-refractivity contribution in [1.29, 1.82) is 0 Å². The van der Waals surface area contributed by atoms with Gasteiger partial charge in [0.15, 0.2) is 11.5 Å². The molecule has 1 unspecified atom stereocenters. The van der Waals surface area contributed by atoms with Crippen molar-refractivity contribution in [2.45, 2.75) is 25.8 Å². The summed E-state index contributed by atoms with van der Waals surface area (Å²) < 4.78 is 10.9. The topological polar surface area (TPSA) is 73.6 Å². The van der Waals surface area contributed by atoms with Crippen LogP contribution in [-0.2, 0) is 0 Å². The summed E-state index contributed by atoms with van der Waals surface area (Å²) >= 11 is 4.97. The third-order valence-electron chi connectivity index (χ3n) is 3.03. The third kappa shape index (κ3) is 3.39. The van der Waals surface area contributed by atoms with Gasteiger partial charge in [0.1, 0.15) is 13.2 Å². The molecule has 108 valence electrons. The molecule has 1 aliphatic rings. The summed E-state index contributed by atoms with van der Waals surface area (Å²) in [6.45, 7) is 3.03. The number of hydrogen-bond acceptors (Lipinski definition) is 4. The van der Waals surface area contributed by atoms with Gasteiger partial charge in [-0.25, -0.2) is 0 Å². The number of nitrogens with one attached hydrogen (secondary N) is 1. The molecule has 1 heterocycles. The SMILES string of the molecule is CCCC(NC(=O)c1ccc2c(c1)OCCO2)C(N)=S. The van der Waals surface area contributed by atoms with E-state index in [-0.39, 0.29) is 11.9 Å². The molecule has 1 amide bonds. The van der Waals surface area contributed by atoms with Crippen LogP contribution >= 0.6 is 12.2 Å². The fourth-order valence-electron chi connectivity index (χ4n) is 2.00. The van der Waals surface area contributed by atoms with Crippen LogP contribution in [0.4, 0.5) is 0 Å². The van der Waals surface area contributed by atoms with Crippen molar-refractivity contribution >= 4 is 23.1 Å². The zero-order chi connectivity index (χ0) is 14.5. The minimum absolute atomic E-state index is 0.215. The number of thiocarbonyl (C=S) groups is 1. The molecule has 0 aromatic heterocycles. The van der Waals surface area contributed by atoms with Gasteiger partial charge in [-0.3, -0.25) is 4.79 Å². The molecule has 1 aliphatic heterocycles. The number of amides is 1. The fourth-order valence-corrected chi connectivity index (χ4v) is 2.18. The van der Waals surface area contributed by atoms with E-state index in [2.05, 4.69) is 5.32 Å². The van der Waals surface area contributed by atoms with Crippen LogP contribution in [0.5, 0.6) is 11.5 Å². The maximum Gasteiger partial charge on any atom is 0.251 e. The summed E-state index contributed by atoms with van der Waals surface area (Å²) in [5.41, 5.74) is 6.14. The first-order valence-corrected chi connectivity index (χ1v) is 7.02. The van der Waals surface area contributed by atoms with Crippen molar-refractivity contribution in [2.24, 2.45) is 5.73 Å². The number of benzene rings is 1. The average molecular weight is 294 g/mol. The molecular formula is C14H18N2O3S. The summed E-state index contributed by atoms with van der Waals surface area (Å²) in [5, 5.41) is 2.84. The van der Waals surface area contributed by atoms with Crippen molar-refractivity contribution in [3.8, 4) is 11.5 Å². The maximum absolute atomic E-state index is 12.2. The van der Waals surface area contributed by atoms with E-state index in [0.29, 0.717) is 35.3 Å². The molecule has 0 fully saturated rings. The van der Waals surface area contributed by atoms with Crippen LogP contribution in [0.2, 0.25) is 0 Å². The van der Waals surface area contributed by atoms with Gasteiger partial charge in [-0.1, -0.05) is 25.6 Å². The van der Waals surface area contributed by atoms with Crippen LogP contribution in [0.3, 0.4) is 0 Å². The largest absolute Gasteiger partial charge is 0.486 e. The smallest absolute Gasteiger partial charge is 0.251 e. The van der Waals surface area contributed by atoms with Crippen molar-refractivity contribution < 1.29 is 14.3 Å². The second-order valence-electron chi connectivity index (χ2n) is 4.58. The van der Waals surface area contributed by atoms with Crippen LogP contribution in [0.1, 0.15) is 30.1 Å². The van der Waals surface area contributed by atoms with Crippen molar-refractivity contribution in [3.63, 3.8) is 0 Å².